The van der Waals surface area contributed by atoms with E-state index in [1.165, 1.54) is 19.3 Å². The Bertz CT molecular complexity index is 260. The van der Waals surface area contributed by atoms with Gasteiger partial charge in [0.2, 0.25) is 0 Å². The normalized spacial score (nSPS) is 27.5. The highest BCUT2D eigenvalue weighted by molar-refractivity contribution is 5.33. The van der Waals surface area contributed by atoms with Gasteiger partial charge in [-0.3, -0.25) is 0 Å². The van der Waals surface area contributed by atoms with E-state index in [1.807, 2.05) is 12.1 Å². The lowest BCUT2D eigenvalue weighted by atomic mass is 10.1. The summed E-state index contributed by atoms with van der Waals surface area (Å²) < 4.78 is 0. The predicted molar refractivity (Wildman–Crippen MR) is 52.5 cm³/mol. The number of nitrogens with one attached hydrogen (secondary N) is 1. The molecular formula is C10H15N3. The molecule has 1 heterocycles. The molecule has 1 aromatic rings. The van der Waals surface area contributed by atoms with Crippen molar-refractivity contribution in [2.24, 2.45) is 5.92 Å². The molecule has 3 nitrogen and oxygen atoms in total. The van der Waals surface area contributed by atoms with Crippen LogP contribution in [-0.4, -0.2) is 16.2 Å². The Morgan fingerprint density at radius 3 is 3.00 bits per heavy atom. The topological polar surface area (TPSA) is 37.8 Å². The quantitative estimate of drug-likeness (QED) is 0.751. The number of nitrogens with zero attached hydrogens (tertiary/aromatic N) is 2. The summed E-state index contributed by atoms with van der Waals surface area (Å²) in [5.41, 5.74) is 0. The molecule has 0 amide bonds. The third-order valence-corrected chi connectivity index (χ3v) is 2.77. The molecule has 1 N–H and O–H groups in total. The molecule has 0 saturated heterocycles. The fourth-order valence-corrected chi connectivity index (χ4v) is 1.93. The average molecular weight is 177 g/mol. The van der Waals surface area contributed by atoms with Gasteiger partial charge in [-0.2, -0.15) is 5.10 Å². The van der Waals surface area contributed by atoms with E-state index in [0.717, 1.165) is 11.7 Å². The Morgan fingerprint density at radius 1 is 1.46 bits per heavy atom. The second kappa shape index (κ2) is 3.73. The Kier molecular flexibility index (Phi) is 2.43. The highest BCUT2D eigenvalue weighted by Gasteiger charge is 2.23. The first-order chi connectivity index (χ1) is 6.36. The van der Waals surface area contributed by atoms with Crippen molar-refractivity contribution in [3.63, 3.8) is 0 Å². The maximum Gasteiger partial charge on any atom is 0.148 e. The minimum absolute atomic E-state index is 0.594. The lowest BCUT2D eigenvalue weighted by Crippen LogP contribution is -2.22. The van der Waals surface area contributed by atoms with Crippen LogP contribution >= 0.6 is 0 Å². The highest BCUT2D eigenvalue weighted by atomic mass is 15.2. The van der Waals surface area contributed by atoms with E-state index in [-0.39, 0.29) is 0 Å². The van der Waals surface area contributed by atoms with E-state index in [4.69, 9.17) is 0 Å². The molecule has 0 aromatic carbocycles. The van der Waals surface area contributed by atoms with Crippen molar-refractivity contribution in [1.29, 1.82) is 0 Å². The monoisotopic (exact) mass is 177 g/mol. The van der Waals surface area contributed by atoms with E-state index >= 15 is 0 Å². The molecule has 1 fully saturated rings. The van der Waals surface area contributed by atoms with Crippen molar-refractivity contribution in [2.45, 2.75) is 32.2 Å². The molecule has 1 saturated carbocycles. The molecule has 2 atom stereocenters. The SMILES string of the molecule is CC1CCCC1Nc1cccnn1. The summed E-state index contributed by atoms with van der Waals surface area (Å²) in [5, 5.41) is 11.3. The number of anilines is 1. The summed E-state index contributed by atoms with van der Waals surface area (Å²) in [4.78, 5) is 0. The largest absolute Gasteiger partial charge is 0.366 e. The number of rotatable bonds is 2. The van der Waals surface area contributed by atoms with Crippen LogP contribution in [0.4, 0.5) is 5.82 Å². The van der Waals surface area contributed by atoms with Gasteiger partial charge in [-0.1, -0.05) is 13.3 Å². The van der Waals surface area contributed by atoms with Crippen molar-refractivity contribution < 1.29 is 0 Å². The standard InChI is InChI=1S/C10H15N3/c1-8-4-2-5-9(8)12-10-6-3-7-11-13-10/h3,6-9H,2,4-5H2,1H3,(H,12,13). The van der Waals surface area contributed by atoms with E-state index in [1.54, 1.807) is 6.20 Å². The lowest BCUT2D eigenvalue weighted by molar-refractivity contribution is 0.554. The van der Waals surface area contributed by atoms with E-state index in [0.29, 0.717) is 6.04 Å². The van der Waals surface area contributed by atoms with Crippen LogP contribution in [0.15, 0.2) is 18.3 Å². The zero-order valence-corrected chi connectivity index (χ0v) is 7.90. The van der Waals surface area contributed by atoms with Gasteiger partial charge in [-0.25, -0.2) is 0 Å². The Hall–Kier alpha value is -1.12. The van der Waals surface area contributed by atoms with Gasteiger partial charge < -0.3 is 5.32 Å². The fourth-order valence-electron chi connectivity index (χ4n) is 1.93. The summed E-state index contributed by atoms with van der Waals surface area (Å²) >= 11 is 0. The second-order valence-corrected chi connectivity index (χ2v) is 3.77. The van der Waals surface area contributed by atoms with Crippen LogP contribution in [0.1, 0.15) is 26.2 Å². The summed E-state index contributed by atoms with van der Waals surface area (Å²) in [6.45, 7) is 2.29. The van der Waals surface area contributed by atoms with Gasteiger partial charge in [0.25, 0.3) is 0 Å². The van der Waals surface area contributed by atoms with Gasteiger partial charge in [0.1, 0.15) is 5.82 Å². The molecular weight excluding hydrogens is 162 g/mol. The molecule has 1 aromatic heterocycles. The van der Waals surface area contributed by atoms with Gasteiger partial charge in [0.15, 0.2) is 0 Å². The minimum atomic E-state index is 0.594. The maximum absolute atomic E-state index is 4.02. The van der Waals surface area contributed by atoms with Crippen LogP contribution in [0.2, 0.25) is 0 Å². The van der Waals surface area contributed by atoms with Crippen LogP contribution in [0.3, 0.4) is 0 Å². The van der Waals surface area contributed by atoms with Gasteiger partial charge in [-0.15, -0.1) is 5.10 Å². The zero-order chi connectivity index (χ0) is 9.10. The van der Waals surface area contributed by atoms with Crippen molar-refractivity contribution >= 4 is 5.82 Å². The van der Waals surface area contributed by atoms with Gasteiger partial charge in [-0.05, 0) is 30.9 Å². The van der Waals surface area contributed by atoms with Crippen LogP contribution < -0.4 is 5.32 Å². The molecule has 13 heavy (non-hydrogen) atoms. The van der Waals surface area contributed by atoms with Crippen LogP contribution in [-0.2, 0) is 0 Å². The Balaban J connectivity index is 1.98. The lowest BCUT2D eigenvalue weighted by Gasteiger charge is -2.16. The third kappa shape index (κ3) is 1.97. The van der Waals surface area contributed by atoms with Gasteiger partial charge >= 0.3 is 0 Å². The molecule has 3 heteroatoms. The molecule has 70 valence electrons. The third-order valence-electron chi connectivity index (χ3n) is 2.77. The second-order valence-electron chi connectivity index (χ2n) is 3.77. The highest BCUT2D eigenvalue weighted by Crippen LogP contribution is 2.26. The van der Waals surface area contributed by atoms with Gasteiger partial charge in [0, 0.05) is 12.2 Å². The first-order valence-corrected chi connectivity index (χ1v) is 4.90. The van der Waals surface area contributed by atoms with Crippen molar-refractivity contribution in [1.82, 2.24) is 10.2 Å². The molecule has 1 aliphatic carbocycles. The van der Waals surface area contributed by atoms with Crippen molar-refractivity contribution in [3.05, 3.63) is 18.3 Å². The average Bonchev–Trinajstić information content (AvgIpc) is 2.54. The molecule has 0 bridgehead atoms. The van der Waals surface area contributed by atoms with E-state index in [9.17, 15) is 0 Å². The number of hydrogen-bond acceptors (Lipinski definition) is 3. The minimum Gasteiger partial charge on any atom is -0.366 e. The molecule has 0 spiro atoms. The first-order valence-electron chi connectivity index (χ1n) is 4.90. The molecule has 2 unspecified atom stereocenters. The maximum atomic E-state index is 4.02. The summed E-state index contributed by atoms with van der Waals surface area (Å²) in [6.07, 6.45) is 5.62. The fraction of sp³-hybridized carbons (Fsp3) is 0.600. The first kappa shape index (κ1) is 8.48. The molecule has 2 rings (SSSR count). The summed E-state index contributed by atoms with van der Waals surface area (Å²) in [7, 11) is 0. The molecule has 1 aliphatic rings. The van der Waals surface area contributed by atoms with Crippen molar-refractivity contribution in [2.75, 3.05) is 5.32 Å². The van der Waals surface area contributed by atoms with Crippen LogP contribution in [0.25, 0.3) is 0 Å². The molecule has 0 aliphatic heterocycles. The van der Waals surface area contributed by atoms with Crippen molar-refractivity contribution in [3.8, 4) is 0 Å². The van der Waals surface area contributed by atoms with E-state index in [2.05, 4.69) is 22.4 Å². The zero-order valence-electron chi connectivity index (χ0n) is 7.90. The Morgan fingerprint density at radius 2 is 2.38 bits per heavy atom. The molecule has 0 radical (unpaired) electrons. The van der Waals surface area contributed by atoms with Gasteiger partial charge in [0.05, 0.1) is 0 Å². The van der Waals surface area contributed by atoms with Crippen LogP contribution in [0, 0.1) is 5.92 Å². The smallest absolute Gasteiger partial charge is 0.148 e. The number of aromatic nitrogens is 2. The van der Waals surface area contributed by atoms with Crippen LogP contribution in [0.5, 0.6) is 0 Å². The van der Waals surface area contributed by atoms with E-state index < -0.39 is 0 Å². The Labute approximate surface area is 78.6 Å². The number of hydrogen-bond donors (Lipinski definition) is 1. The summed E-state index contributed by atoms with van der Waals surface area (Å²) in [6, 6.07) is 4.48. The predicted octanol–water partition coefficient (Wildman–Crippen LogP) is 2.08. The summed E-state index contributed by atoms with van der Waals surface area (Å²) in [5.74, 6) is 1.67.